The monoisotopic (exact) mass is 219 g/mol. The molecule has 0 bridgehead atoms. The third kappa shape index (κ3) is 1.58. The summed E-state index contributed by atoms with van der Waals surface area (Å²) in [4.78, 5) is 0. The number of H-pyrrole nitrogens is 1. The van der Waals surface area contributed by atoms with Crippen LogP contribution in [0, 0.1) is 13.8 Å². The van der Waals surface area contributed by atoms with Crippen LogP contribution in [0.15, 0.2) is 6.07 Å². The predicted octanol–water partition coefficient (Wildman–Crippen LogP) is 2.05. The van der Waals surface area contributed by atoms with E-state index in [-0.39, 0.29) is 0 Å². The quantitative estimate of drug-likeness (QED) is 0.812. The van der Waals surface area contributed by atoms with E-state index in [0.29, 0.717) is 11.9 Å². The number of aryl methyl sites for hydroxylation is 1. The highest BCUT2D eigenvalue weighted by atomic mass is 15.3. The molecule has 0 atom stereocenters. The summed E-state index contributed by atoms with van der Waals surface area (Å²) in [5.74, 6) is 0.506. The maximum Gasteiger partial charge on any atom is 0.145 e. The van der Waals surface area contributed by atoms with Gasteiger partial charge in [0.05, 0.1) is 11.4 Å². The highest BCUT2D eigenvalue weighted by Gasteiger charge is 2.16. The number of aromatic amines is 1. The second-order valence-corrected chi connectivity index (χ2v) is 4.29. The van der Waals surface area contributed by atoms with Crippen molar-refractivity contribution in [3.63, 3.8) is 0 Å². The van der Waals surface area contributed by atoms with E-state index in [0.717, 1.165) is 22.6 Å². The molecular weight excluding hydrogens is 202 g/mol. The fraction of sp³-hybridized carbons (Fsp3) is 0.455. The van der Waals surface area contributed by atoms with Gasteiger partial charge in [-0.25, -0.2) is 0 Å². The van der Waals surface area contributed by atoms with Gasteiger partial charge in [0.15, 0.2) is 0 Å². The first kappa shape index (κ1) is 10.7. The SMILES string of the molecule is Cc1nn(C(C)C)c(C)c1-c1cc(N)n[nH]1. The average molecular weight is 219 g/mol. The fourth-order valence-electron chi connectivity index (χ4n) is 2.02. The van der Waals surface area contributed by atoms with Crippen LogP contribution in [-0.4, -0.2) is 20.0 Å². The summed E-state index contributed by atoms with van der Waals surface area (Å²) in [6.07, 6.45) is 0. The number of anilines is 1. The van der Waals surface area contributed by atoms with E-state index < -0.39 is 0 Å². The van der Waals surface area contributed by atoms with Crippen molar-refractivity contribution in [2.45, 2.75) is 33.7 Å². The third-order valence-electron chi connectivity index (χ3n) is 2.68. The number of hydrogen-bond donors (Lipinski definition) is 2. The molecule has 0 unspecified atom stereocenters. The Labute approximate surface area is 94.7 Å². The first-order valence-corrected chi connectivity index (χ1v) is 5.37. The summed E-state index contributed by atoms with van der Waals surface area (Å²) >= 11 is 0. The molecule has 2 aromatic rings. The van der Waals surface area contributed by atoms with Crippen molar-refractivity contribution in [1.29, 1.82) is 0 Å². The lowest BCUT2D eigenvalue weighted by Gasteiger charge is -2.07. The zero-order valence-corrected chi connectivity index (χ0v) is 10.1. The van der Waals surface area contributed by atoms with Crippen LogP contribution in [-0.2, 0) is 0 Å². The molecule has 0 aromatic carbocycles. The Balaban J connectivity index is 2.57. The van der Waals surface area contributed by atoms with E-state index in [9.17, 15) is 0 Å². The van der Waals surface area contributed by atoms with Crippen molar-refractivity contribution in [1.82, 2.24) is 20.0 Å². The smallest absolute Gasteiger partial charge is 0.145 e. The molecule has 0 aliphatic heterocycles. The molecule has 0 fully saturated rings. The van der Waals surface area contributed by atoms with Crippen LogP contribution >= 0.6 is 0 Å². The maximum atomic E-state index is 5.61. The van der Waals surface area contributed by atoms with Gasteiger partial charge in [0.2, 0.25) is 0 Å². The molecule has 0 spiro atoms. The minimum atomic E-state index is 0.354. The largest absolute Gasteiger partial charge is 0.382 e. The number of rotatable bonds is 2. The summed E-state index contributed by atoms with van der Waals surface area (Å²) in [5, 5.41) is 11.4. The minimum absolute atomic E-state index is 0.354. The van der Waals surface area contributed by atoms with Crippen LogP contribution in [0.3, 0.4) is 0 Å². The highest BCUT2D eigenvalue weighted by Crippen LogP contribution is 2.27. The van der Waals surface area contributed by atoms with E-state index >= 15 is 0 Å². The van der Waals surface area contributed by atoms with Gasteiger partial charge in [-0.05, 0) is 27.7 Å². The molecule has 0 aliphatic carbocycles. The zero-order valence-electron chi connectivity index (χ0n) is 10.1. The molecule has 3 N–H and O–H groups in total. The van der Waals surface area contributed by atoms with E-state index in [1.807, 2.05) is 17.7 Å². The molecule has 2 rings (SSSR count). The van der Waals surface area contributed by atoms with Crippen molar-refractivity contribution in [3.8, 4) is 11.3 Å². The van der Waals surface area contributed by atoms with E-state index in [1.54, 1.807) is 0 Å². The van der Waals surface area contributed by atoms with Gasteiger partial charge in [0, 0.05) is 23.4 Å². The molecule has 16 heavy (non-hydrogen) atoms. The van der Waals surface area contributed by atoms with Gasteiger partial charge in [0.1, 0.15) is 5.82 Å². The van der Waals surface area contributed by atoms with Crippen LogP contribution in [0.5, 0.6) is 0 Å². The summed E-state index contributed by atoms with van der Waals surface area (Å²) < 4.78 is 2.02. The molecule has 0 aliphatic rings. The normalized spacial score (nSPS) is 11.3. The topological polar surface area (TPSA) is 72.5 Å². The number of nitrogens with one attached hydrogen (secondary N) is 1. The second-order valence-electron chi connectivity index (χ2n) is 4.29. The molecule has 2 heterocycles. The molecule has 5 nitrogen and oxygen atoms in total. The number of aromatic nitrogens is 4. The first-order chi connectivity index (χ1) is 7.50. The fourth-order valence-corrected chi connectivity index (χ4v) is 2.02. The lowest BCUT2D eigenvalue weighted by Crippen LogP contribution is -2.04. The first-order valence-electron chi connectivity index (χ1n) is 5.37. The van der Waals surface area contributed by atoms with E-state index in [4.69, 9.17) is 5.73 Å². The van der Waals surface area contributed by atoms with E-state index in [1.165, 1.54) is 0 Å². The van der Waals surface area contributed by atoms with Crippen molar-refractivity contribution in [3.05, 3.63) is 17.5 Å². The molecule has 0 saturated heterocycles. The van der Waals surface area contributed by atoms with Crippen LogP contribution < -0.4 is 5.73 Å². The molecule has 86 valence electrons. The Morgan fingerprint density at radius 2 is 2.06 bits per heavy atom. The van der Waals surface area contributed by atoms with Gasteiger partial charge in [-0.2, -0.15) is 10.2 Å². The number of nitrogens with two attached hydrogens (primary N) is 1. The van der Waals surface area contributed by atoms with E-state index in [2.05, 4.69) is 36.1 Å². The van der Waals surface area contributed by atoms with Crippen molar-refractivity contribution in [2.75, 3.05) is 5.73 Å². The Morgan fingerprint density at radius 3 is 2.50 bits per heavy atom. The predicted molar refractivity (Wildman–Crippen MR) is 64.1 cm³/mol. The Hall–Kier alpha value is -1.78. The minimum Gasteiger partial charge on any atom is -0.382 e. The maximum absolute atomic E-state index is 5.61. The lowest BCUT2D eigenvalue weighted by atomic mass is 10.1. The van der Waals surface area contributed by atoms with Gasteiger partial charge in [-0.15, -0.1) is 0 Å². The Bertz CT molecular complexity index is 506. The number of nitrogens with zero attached hydrogens (tertiary/aromatic N) is 3. The summed E-state index contributed by atoms with van der Waals surface area (Å²) in [6.45, 7) is 8.29. The Morgan fingerprint density at radius 1 is 1.38 bits per heavy atom. The lowest BCUT2D eigenvalue weighted by molar-refractivity contribution is 0.516. The van der Waals surface area contributed by atoms with Crippen molar-refractivity contribution >= 4 is 5.82 Å². The second kappa shape index (κ2) is 3.66. The Kier molecular flexibility index (Phi) is 2.46. The van der Waals surface area contributed by atoms with Gasteiger partial charge in [-0.3, -0.25) is 9.78 Å². The molecular formula is C11H17N5. The van der Waals surface area contributed by atoms with Gasteiger partial charge in [0.25, 0.3) is 0 Å². The number of hydrogen-bond acceptors (Lipinski definition) is 3. The molecule has 5 heteroatoms. The van der Waals surface area contributed by atoms with Gasteiger partial charge in [-0.1, -0.05) is 0 Å². The highest BCUT2D eigenvalue weighted by molar-refractivity contribution is 5.66. The number of nitrogen functional groups attached to an aromatic ring is 1. The molecule has 0 amide bonds. The third-order valence-corrected chi connectivity index (χ3v) is 2.68. The summed E-state index contributed by atoms with van der Waals surface area (Å²) in [5.41, 5.74) is 9.77. The molecule has 0 radical (unpaired) electrons. The average Bonchev–Trinajstić information content (AvgIpc) is 2.71. The van der Waals surface area contributed by atoms with Crippen LogP contribution in [0.2, 0.25) is 0 Å². The zero-order chi connectivity index (χ0) is 11.9. The molecule has 0 saturated carbocycles. The van der Waals surface area contributed by atoms with Crippen molar-refractivity contribution in [2.24, 2.45) is 0 Å². The standard InChI is InChI=1S/C11H17N5/c1-6(2)16-8(4)11(7(3)15-16)9-5-10(12)14-13-9/h5-6H,1-4H3,(H3,12,13,14). The molecule has 2 aromatic heterocycles. The van der Waals surface area contributed by atoms with Crippen LogP contribution in [0.1, 0.15) is 31.3 Å². The van der Waals surface area contributed by atoms with Gasteiger partial charge >= 0.3 is 0 Å². The van der Waals surface area contributed by atoms with Crippen LogP contribution in [0.25, 0.3) is 11.3 Å². The van der Waals surface area contributed by atoms with Crippen LogP contribution in [0.4, 0.5) is 5.82 Å². The van der Waals surface area contributed by atoms with Crippen molar-refractivity contribution < 1.29 is 0 Å². The van der Waals surface area contributed by atoms with Gasteiger partial charge < -0.3 is 5.73 Å². The summed E-state index contributed by atoms with van der Waals surface area (Å²) in [6, 6.07) is 2.19. The summed E-state index contributed by atoms with van der Waals surface area (Å²) in [7, 11) is 0.